The predicted molar refractivity (Wildman–Crippen MR) is 81.4 cm³/mol. The highest BCUT2D eigenvalue weighted by atomic mass is 79.9. The van der Waals surface area contributed by atoms with E-state index in [1.807, 2.05) is 0 Å². The van der Waals surface area contributed by atoms with Gasteiger partial charge in [0, 0.05) is 45.0 Å². The summed E-state index contributed by atoms with van der Waals surface area (Å²) in [5, 5.41) is -0.0801. The van der Waals surface area contributed by atoms with Crippen LogP contribution in [0.1, 0.15) is 27.0 Å². The standard InChI is InChI=1S/C15H8Br2F4O/c16-5-11-9(1-7(18)3-13(11)20)15(22)10-2-8(19)4-14(21)12(10)6-17/h1-4H,5-6H2. The van der Waals surface area contributed by atoms with Crippen LogP contribution in [0.3, 0.4) is 0 Å². The van der Waals surface area contributed by atoms with Gasteiger partial charge in [0.15, 0.2) is 5.78 Å². The average molecular weight is 440 g/mol. The topological polar surface area (TPSA) is 17.1 Å². The van der Waals surface area contributed by atoms with Gasteiger partial charge in [0.1, 0.15) is 23.3 Å². The van der Waals surface area contributed by atoms with Crippen molar-refractivity contribution in [3.05, 3.63) is 69.8 Å². The molecule has 0 unspecified atom stereocenters. The maximum atomic E-state index is 13.7. The van der Waals surface area contributed by atoms with Crippen LogP contribution in [0.25, 0.3) is 0 Å². The third-order valence-electron chi connectivity index (χ3n) is 3.08. The maximum absolute atomic E-state index is 13.7. The fraction of sp³-hybridized carbons (Fsp3) is 0.133. The molecule has 22 heavy (non-hydrogen) atoms. The molecule has 0 atom stereocenters. The molecule has 0 heterocycles. The first-order valence-electron chi connectivity index (χ1n) is 6.01. The van der Waals surface area contributed by atoms with Crippen LogP contribution < -0.4 is 0 Å². The van der Waals surface area contributed by atoms with Gasteiger partial charge in [-0.15, -0.1) is 0 Å². The number of carbonyl (C=O) groups excluding carboxylic acids is 1. The van der Waals surface area contributed by atoms with Crippen LogP contribution in [-0.2, 0) is 10.7 Å². The lowest BCUT2D eigenvalue weighted by Gasteiger charge is -2.11. The lowest BCUT2D eigenvalue weighted by atomic mass is 9.95. The Labute approximate surface area is 140 Å². The van der Waals surface area contributed by atoms with E-state index in [2.05, 4.69) is 31.9 Å². The number of alkyl halides is 2. The zero-order chi connectivity index (χ0) is 16.4. The number of benzene rings is 2. The Bertz CT molecular complexity index is 685. The zero-order valence-electron chi connectivity index (χ0n) is 10.9. The van der Waals surface area contributed by atoms with Crippen molar-refractivity contribution in [1.29, 1.82) is 0 Å². The van der Waals surface area contributed by atoms with Crippen molar-refractivity contribution in [3.63, 3.8) is 0 Å². The zero-order valence-corrected chi connectivity index (χ0v) is 14.1. The largest absolute Gasteiger partial charge is 0.289 e. The van der Waals surface area contributed by atoms with Crippen molar-refractivity contribution >= 4 is 37.6 Å². The van der Waals surface area contributed by atoms with Crippen molar-refractivity contribution in [1.82, 2.24) is 0 Å². The van der Waals surface area contributed by atoms with Crippen LogP contribution in [0, 0.1) is 23.3 Å². The van der Waals surface area contributed by atoms with Gasteiger partial charge in [0.05, 0.1) is 0 Å². The van der Waals surface area contributed by atoms with Gasteiger partial charge in [-0.05, 0) is 12.1 Å². The minimum Gasteiger partial charge on any atom is -0.289 e. The summed E-state index contributed by atoms with van der Waals surface area (Å²) < 4.78 is 54.3. The molecule has 0 N–H and O–H groups in total. The number of hydrogen-bond acceptors (Lipinski definition) is 1. The highest BCUT2D eigenvalue weighted by molar-refractivity contribution is 9.08. The third-order valence-corrected chi connectivity index (χ3v) is 4.20. The maximum Gasteiger partial charge on any atom is 0.194 e. The SMILES string of the molecule is O=C(c1cc(F)cc(F)c1CBr)c1cc(F)cc(F)c1CBr. The van der Waals surface area contributed by atoms with E-state index in [9.17, 15) is 22.4 Å². The molecule has 0 aromatic heterocycles. The Hall–Kier alpha value is -1.21. The van der Waals surface area contributed by atoms with Gasteiger partial charge in [0.2, 0.25) is 0 Å². The summed E-state index contributed by atoms with van der Waals surface area (Å²) in [6.07, 6.45) is 0. The van der Waals surface area contributed by atoms with E-state index in [4.69, 9.17) is 0 Å². The monoisotopic (exact) mass is 438 g/mol. The van der Waals surface area contributed by atoms with E-state index in [-0.39, 0.29) is 32.9 Å². The third kappa shape index (κ3) is 3.25. The molecule has 0 spiro atoms. The number of halogens is 6. The van der Waals surface area contributed by atoms with Crippen molar-refractivity contribution < 1.29 is 22.4 Å². The average Bonchev–Trinajstić information content (AvgIpc) is 2.45. The van der Waals surface area contributed by atoms with Gasteiger partial charge in [-0.1, -0.05) is 31.9 Å². The molecule has 116 valence electrons. The number of carbonyl (C=O) groups is 1. The van der Waals surface area contributed by atoms with Gasteiger partial charge in [-0.3, -0.25) is 4.79 Å². The van der Waals surface area contributed by atoms with Crippen LogP contribution in [0.2, 0.25) is 0 Å². The fourth-order valence-corrected chi connectivity index (χ4v) is 3.17. The minimum atomic E-state index is -0.942. The normalized spacial score (nSPS) is 10.8. The summed E-state index contributed by atoms with van der Waals surface area (Å²) >= 11 is 6.03. The first-order chi connectivity index (χ1) is 10.4. The van der Waals surface area contributed by atoms with Crippen LogP contribution >= 0.6 is 31.9 Å². The first kappa shape index (κ1) is 17.1. The molecular weight excluding hydrogens is 432 g/mol. The summed E-state index contributed by atoms with van der Waals surface area (Å²) in [4.78, 5) is 12.5. The molecule has 0 aliphatic rings. The summed E-state index contributed by atoms with van der Waals surface area (Å²) in [5.74, 6) is -4.54. The van der Waals surface area contributed by atoms with Crippen molar-refractivity contribution in [2.75, 3.05) is 0 Å². The fourth-order valence-electron chi connectivity index (χ4n) is 2.03. The second-order valence-corrected chi connectivity index (χ2v) is 5.55. The van der Waals surface area contributed by atoms with Crippen molar-refractivity contribution in [3.8, 4) is 0 Å². The van der Waals surface area contributed by atoms with E-state index in [0.29, 0.717) is 12.1 Å². The van der Waals surface area contributed by atoms with E-state index in [1.54, 1.807) is 0 Å². The molecule has 0 amide bonds. The van der Waals surface area contributed by atoms with Gasteiger partial charge < -0.3 is 0 Å². The Kier molecular flexibility index (Phi) is 5.39. The highest BCUT2D eigenvalue weighted by Crippen LogP contribution is 2.26. The Morgan fingerprint density at radius 1 is 0.773 bits per heavy atom. The van der Waals surface area contributed by atoms with Crippen molar-refractivity contribution in [2.24, 2.45) is 0 Å². The summed E-state index contributed by atoms with van der Waals surface area (Å²) in [7, 11) is 0. The molecule has 0 aliphatic carbocycles. The molecular formula is C15H8Br2F4O. The van der Waals surface area contributed by atoms with Crippen LogP contribution in [-0.4, -0.2) is 5.78 Å². The van der Waals surface area contributed by atoms with E-state index < -0.39 is 29.1 Å². The highest BCUT2D eigenvalue weighted by Gasteiger charge is 2.22. The second kappa shape index (κ2) is 6.91. The summed E-state index contributed by atoms with van der Waals surface area (Å²) in [6.45, 7) is 0. The van der Waals surface area contributed by atoms with E-state index in [1.165, 1.54) is 0 Å². The van der Waals surface area contributed by atoms with E-state index in [0.717, 1.165) is 12.1 Å². The van der Waals surface area contributed by atoms with Crippen LogP contribution in [0.4, 0.5) is 17.6 Å². The number of ketones is 1. The molecule has 7 heteroatoms. The predicted octanol–water partition coefficient (Wildman–Crippen LogP) is 5.26. The second-order valence-electron chi connectivity index (χ2n) is 4.42. The molecule has 0 radical (unpaired) electrons. The van der Waals surface area contributed by atoms with Crippen molar-refractivity contribution in [2.45, 2.75) is 10.7 Å². The number of rotatable bonds is 4. The summed E-state index contributed by atoms with van der Waals surface area (Å²) in [6, 6.07) is 2.99. The lowest BCUT2D eigenvalue weighted by molar-refractivity contribution is 0.103. The first-order valence-corrected chi connectivity index (χ1v) is 8.25. The van der Waals surface area contributed by atoms with Crippen LogP contribution in [0.15, 0.2) is 24.3 Å². The molecule has 0 saturated carbocycles. The number of hydrogen-bond donors (Lipinski definition) is 0. The van der Waals surface area contributed by atoms with Gasteiger partial charge >= 0.3 is 0 Å². The van der Waals surface area contributed by atoms with Gasteiger partial charge in [0.25, 0.3) is 0 Å². The van der Waals surface area contributed by atoms with Gasteiger partial charge in [-0.25, -0.2) is 17.6 Å². The lowest BCUT2D eigenvalue weighted by Crippen LogP contribution is -2.11. The molecule has 0 bridgehead atoms. The molecule has 2 aromatic rings. The smallest absolute Gasteiger partial charge is 0.194 e. The Morgan fingerprint density at radius 2 is 1.14 bits per heavy atom. The van der Waals surface area contributed by atoms with E-state index >= 15 is 0 Å². The molecule has 0 fully saturated rings. The molecule has 0 aliphatic heterocycles. The quantitative estimate of drug-likeness (QED) is 0.360. The Balaban J connectivity index is 2.68. The summed E-state index contributed by atoms with van der Waals surface area (Å²) in [5.41, 5.74) is -0.698. The molecule has 2 aromatic carbocycles. The van der Waals surface area contributed by atoms with Crippen LogP contribution in [0.5, 0.6) is 0 Å². The molecule has 0 saturated heterocycles. The van der Waals surface area contributed by atoms with Gasteiger partial charge in [-0.2, -0.15) is 0 Å². The Morgan fingerprint density at radius 3 is 1.45 bits per heavy atom. The molecule has 1 nitrogen and oxygen atoms in total. The minimum absolute atomic E-state index is 0.0400. The molecule has 2 rings (SSSR count).